The van der Waals surface area contributed by atoms with E-state index >= 15 is 0 Å². The Hall–Kier alpha value is -0.820. The van der Waals surface area contributed by atoms with Crippen molar-refractivity contribution in [2.75, 3.05) is 13.6 Å². The number of thiocarbonyl (C=S) groups is 1. The van der Waals surface area contributed by atoms with Crippen molar-refractivity contribution in [2.45, 2.75) is 19.3 Å². The highest BCUT2D eigenvalue weighted by Crippen LogP contribution is 1.90. The summed E-state index contributed by atoms with van der Waals surface area (Å²) in [6, 6.07) is 2.09. The standard InChI is InChI=1S/C7H13N3S/c1-9-7(11)10-6-4-2-3-5-8/h2-4,6H2,1H3,(H2,9,10,11). The minimum Gasteiger partial charge on any atom is -0.366 e. The number of nitriles is 1. The molecule has 0 amide bonds. The van der Waals surface area contributed by atoms with Crippen LogP contribution in [-0.2, 0) is 0 Å². The molecule has 62 valence electrons. The van der Waals surface area contributed by atoms with Gasteiger partial charge in [0.2, 0.25) is 0 Å². The van der Waals surface area contributed by atoms with Crippen molar-refractivity contribution in [1.82, 2.24) is 10.6 Å². The summed E-state index contributed by atoms with van der Waals surface area (Å²) in [6.45, 7) is 0.849. The quantitative estimate of drug-likeness (QED) is 0.484. The molecular weight excluding hydrogens is 158 g/mol. The van der Waals surface area contributed by atoms with Gasteiger partial charge in [-0.25, -0.2) is 0 Å². The molecule has 0 bridgehead atoms. The summed E-state index contributed by atoms with van der Waals surface area (Å²) >= 11 is 4.85. The first-order valence-corrected chi connectivity index (χ1v) is 4.04. The van der Waals surface area contributed by atoms with Crippen molar-refractivity contribution >= 4 is 17.3 Å². The van der Waals surface area contributed by atoms with Gasteiger partial charge in [0.1, 0.15) is 0 Å². The number of hydrogen-bond donors (Lipinski definition) is 2. The largest absolute Gasteiger partial charge is 0.366 e. The van der Waals surface area contributed by atoms with E-state index in [-0.39, 0.29) is 0 Å². The lowest BCUT2D eigenvalue weighted by Gasteiger charge is -2.04. The second-order valence-electron chi connectivity index (χ2n) is 2.12. The lowest BCUT2D eigenvalue weighted by molar-refractivity contribution is 0.719. The fourth-order valence-corrected chi connectivity index (χ4v) is 0.721. The third kappa shape index (κ3) is 7.07. The Morgan fingerprint density at radius 1 is 1.55 bits per heavy atom. The smallest absolute Gasteiger partial charge is 0.166 e. The summed E-state index contributed by atoms with van der Waals surface area (Å²) in [7, 11) is 1.78. The maximum absolute atomic E-state index is 8.21. The van der Waals surface area contributed by atoms with Crippen LogP contribution in [0.3, 0.4) is 0 Å². The third-order valence-corrected chi connectivity index (χ3v) is 1.58. The molecule has 0 fully saturated rings. The van der Waals surface area contributed by atoms with Crippen LogP contribution in [0.15, 0.2) is 0 Å². The number of hydrogen-bond acceptors (Lipinski definition) is 2. The molecule has 0 aromatic carbocycles. The highest BCUT2D eigenvalue weighted by molar-refractivity contribution is 7.80. The molecule has 0 spiro atoms. The summed E-state index contributed by atoms with van der Waals surface area (Å²) in [5.74, 6) is 0. The number of rotatable bonds is 4. The van der Waals surface area contributed by atoms with Crippen LogP contribution in [0, 0.1) is 11.3 Å². The van der Waals surface area contributed by atoms with Crippen molar-refractivity contribution in [1.29, 1.82) is 5.26 Å². The highest BCUT2D eigenvalue weighted by atomic mass is 32.1. The van der Waals surface area contributed by atoms with Gasteiger partial charge in [0.05, 0.1) is 6.07 Å². The lowest BCUT2D eigenvalue weighted by Crippen LogP contribution is -2.32. The summed E-state index contributed by atoms with van der Waals surface area (Å²) in [4.78, 5) is 0. The average Bonchev–Trinajstić information content (AvgIpc) is 2.04. The van der Waals surface area contributed by atoms with Gasteiger partial charge in [-0.15, -0.1) is 0 Å². The summed E-state index contributed by atoms with van der Waals surface area (Å²) in [5, 5.41) is 14.7. The molecule has 11 heavy (non-hydrogen) atoms. The van der Waals surface area contributed by atoms with E-state index < -0.39 is 0 Å². The van der Waals surface area contributed by atoms with E-state index in [1.54, 1.807) is 7.05 Å². The molecule has 0 aromatic rings. The monoisotopic (exact) mass is 171 g/mol. The van der Waals surface area contributed by atoms with Gasteiger partial charge in [0.25, 0.3) is 0 Å². The molecule has 4 heteroatoms. The van der Waals surface area contributed by atoms with Crippen molar-refractivity contribution in [3.8, 4) is 6.07 Å². The van der Waals surface area contributed by atoms with E-state index in [0.29, 0.717) is 11.5 Å². The molecule has 0 saturated heterocycles. The van der Waals surface area contributed by atoms with Crippen molar-refractivity contribution < 1.29 is 0 Å². The van der Waals surface area contributed by atoms with Gasteiger partial charge in [-0.1, -0.05) is 0 Å². The Kier molecular flexibility index (Phi) is 6.75. The fraction of sp³-hybridized carbons (Fsp3) is 0.714. The Bertz CT molecular complexity index is 150. The molecule has 0 aliphatic carbocycles. The van der Waals surface area contributed by atoms with E-state index in [1.165, 1.54) is 0 Å². The molecule has 0 rings (SSSR count). The second-order valence-corrected chi connectivity index (χ2v) is 2.53. The first-order chi connectivity index (χ1) is 5.31. The van der Waals surface area contributed by atoms with Crippen molar-refractivity contribution in [3.63, 3.8) is 0 Å². The minimum absolute atomic E-state index is 0.633. The SMILES string of the molecule is CNC(=S)NCCCCC#N. The molecule has 0 aliphatic heterocycles. The first-order valence-electron chi connectivity index (χ1n) is 3.63. The van der Waals surface area contributed by atoms with E-state index in [0.717, 1.165) is 19.4 Å². The predicted octanol–water partition coefficient (Wildman–Crippen LogP) is 0.774. The normalized spacial score (nSPS) is 8.36. The average molecular weight is 171 g/mol. The maximum atomic E-state index is 8.21. The third-order valence-electron chi connectivity index (χ3n) is 1.23. The van der Waals surface area contributed by atoms with E-state index in [4.69, 9.17) is 17.5 Å². The van der Waals surface area contributed by atoms with E-state index in [9.17, 15) is 0 Å². The van der Waals surface area contributed by atoms with Crippen LogP contribution in [0.4, 0.5) is 0 Å². The summed E-state index contributed by atoms with van der Waals surface area (Å²) < 4.78 is 0. The van der Waals surface area contributed by atoms with Crippen LogP contribution in [0.25, 0.3) is 0 Å². The summed E-state index contributed by atoms with van der Waals surface area (Å²) in [5.41, 5.74) is 0. The summed E-state index contributed by atoms with van der Waals surface area (Å²) in [6.07, 6.45) is 2.57. The fourth-order valence-electron chi connectivity index (χ4n) is 0.619. The molecule has 0 radical (unpaired) electrons. The van der Waals surface area contributed by atoms with Gasteiger partial charge in [-0.3, -0.25) is 0 Å². The number of nitrogens with one attached hydrogen (secondary N) is 2. The van der Waals surface area contributed by atoms with Crippen LogP contribution >= 0.6 is 12.2 Å². The Labute approximate surface area is 72.8 Å². The molecule has 2 N–H and O–H groups in total. The van der Waals surface area contributed by atoms with Crippen LogP contribution in [0.2, 0.25) is 0 Å². The molecule has 3 nitrogen and oxygen atoms in total. The number of unbranched alkanes of at least 4 members (excludes halogenated alkanes) is 2. The van der Waals surface area contributed by atoms with Crippen molar-refractivity contribution in [2.24, 2.45) is 0 Å². The Morgan fingerprint density at radius 3 is 2.82 bits per heavy atom. The second kappa shape index (κ2) is 7.29. The van der Waals surface area contributed by atoms with Crippen LogP contribution in [0.1, 0.15) is 19.3 Å². The maximum Gasteiger partial charge on any atom is 0.166 e. The van der Waals surface area contributed by atoms with Crippen LogP contribution in [0.5, 0.6) is 0 Å². The molecule has 0 heterocycles. The molecule has 0 saturated carbocycles. The Morgan fingerprint density at radius 2 is 2.27 bits per heavy atom. The van der Waals surface area contributed by atoms with Gasteiger partial charge in [0, 0.05) is 20.0 Å². The van der Waals surface area contributed by atoms with Crippen molar-refractivity contribution in [3.05, 3.63) is 0 Å². The zero-order chi connectivity index (χ0) is 8.53. The molecule has 0 unspecified atom stereocenters. The predicted molar refractivity (Wildman–Crippen MR) is 49.1 cm³/mol. The van der Waals surface area contributed by atoms with E-state index in [1.807, 2.05) is 0 Å². The molecule has 0 atom stereocenters. The van der Waals surface area contributed by atoms with Gasteiger partial charge in [-0.05, 0) is 25.1 Å². The lowest BCUT2D eigenvalue weighted by atomic mass is 10.2. The zero-order valence-electron chi connectivity index (χ0n) is 6.68. The molecule has 0 aliphatic rings. The minimum atomic E-state index is 0.633. The van der Waals surface area contributed by atoms with Gasteiger partial charge < -0.3 is 10.6 Å². The first kappa shape index (κ1) is 10.2. The van der Waals surface area contributed by atoms with Crippen LogP contribution < -0.4 is 10.6 Å². The molecular formula is C7H13N3S. The number of nitrogens with zero attached hydrogens (tertiary/aromatic N) is 1. The van der Waals surface area contributed by atoms with Gasteiger partial charge in [-0.2, -0.15) is 5.26 Å². The van der Waals surface area contributed by atoms with E-state index in [2.05, 4.69) is 16.7 Å². The van der Waals surface area contributed by atoms with Crippen LogP contribution in [-0.4, -0.2) is 18.7 Å². The zero-order valence-corrected chi connectivity index (χ0v) is 7.50. The molecule has 0 aromatic heterocycles. The topological polar surface area (TPSA) is 47.8 Å². The van der Waals surface area contributed by atoms with Gasteiger partial charge >= 0.3 is 0 Å². The van der Waals surface area contributed by atoms with Gasteiger partial charge in [0.15, 0.2) is 5.11 Å². The highest BCUT2D eigenvalue weighted by Gasteiger charge is 1.89. The Balaban J connectivity index is 3.03.